The molecule has 36 heavy (non-hydrogen) atoms. The maximum atomic E-state index is 2.34. The van der Waals surface area contributed by atoms with Crippen molar-refractivity contribution in [3.63, 3.8) is 0 Å². The molecule has 1 aliphatic carbocycles. The Hall–Kier alpha value is 1.86. The highest BCUT2D eigenvalue weighted by atomic mass is 32.3. The Labute approximate surface area is 265 Å². The summed E-state index contributed by atoms with van der Waals surface area (Å²) in [5, 5.41) is 0. The minimum absolute atomic E-state index is 1.38. The van der Waals surface area contributed by atoms with Gasteiger partial charge in [-0.15, -0.1) is 70.6 Å². The first-order chi connectivity index (χ1) is 17.6. The van der Waals surface area contributed by atoms with Gasteiger partial charge in [-0.1, -0.05) is 94.8 Å². The molecule has 3 heterocycles. The molecule has 0 saturated carbocycles. The van der Waals surface area contributed by atoms with Gasteiger partial charge in [0, 0.05) is 16.7 Å². The van der Waals surface area contributed by atoms with Gasteiger partial charge in [-0.2, -0.15) is 0 Å². The van der Waals surface area contributed by atoms with Gasteiger partial charge in [-0.25, -0.2) is 0 Å². The van der Waals surface area contributed by atoms with E-state index in [0.717, 1.165) is 0 Å². The monoisotopic (exact) mass is 694 g/mol. The molecule has 0 spiro atoms. The number of allylic oxidation sites excluding steroid dienone is 3. The van der Waals surface area contributed by atoms with Gasteiger partial charge in [0.2, 0.25) is 0 Å². The normalized spacial score (nSPS) is 20.4. The summed E-state index contributed by atoms with van der Waals surface area (Å²) in [6.45, 7) is 0. The lowest BCUT2D eigenvalue weighted by atomic mass is 10.1. The minimum Gasteiger partial charge on any atom is -0.121 e. The van der Waals surface area contributed by atoms with Gasteiger partial charge in [0.1, 0.15) is 0 Å². The van der Waals surface area contributed by atoms with E-state index in [9.17, 15) is 0 Å². The summed E-state index contributed by atoms with van der Waals surface area (Å²) in [7, 11) is 0. The zero-order chi connectivity index (χ0) is 25.4. The van der Waals surface area contributed by atoms with Gasteiger partial charge >= 0.3 is 0 Å². The summed E-state index contributed by atoms with van der Waals surface area (Å²) in [5.41, 5.74) is 7.07. The number of hydrogen-bond acceptors (Lipinski definition) is 12. The van der Waals surface area contributed by atoms with Crippen LogP contribution in [0, 0.1) is 0 Å². The maximum absolute atomic E-state index is 2.34. The standard InChI is InChI=1S/C24H22S12/c1-25-19-20(26-2)32-16(31-19)13-11-9-7-8-10-12(11)14(17-33-21(27-3)22(28-4)34-17)15(13)18-35-23(29-5)24(30-6)36-18/h7-10H,1-6H3. The Morgan fingerprint density at radius 1 is 0.389 bits per heavy atom. The van der Waals surface area contributed by atoms with Crippen LogP contribution < -0.4 is 0 Å². The second kappa shape index (κ2) is 13.2. The molecule has 0 unspecified atom stereocenters. The molecule has 0 atom stereocenters. The Balaban J connectivity index is 1.75. The summed E-state index contributed by atoms with van der Waals surface area (Å²) in [4.78, 5) is 0. The van der Waals surface area contributed by atoms with E-state index < -0.39 is 0 Å². The summed E-state index contributed by atoms with van der Waals surface area (Å²) in [6.07, 6.45) is 13.2. The second-order valence-electron chi connectivity index (χ2n) is 7.09. The van der Waals surface area contributed by atoms with Crippen LogP contribution in [0.3, 0.4) is 0 Å². The van der Waals surface area contributed by atoms with E-state index in [4.69, 9.17) is 0 Å². The van der Waals surface area contributed by atoms with E-state index in [1.807, 2.05) is 141 Å². The molecule has 0 amide bonds. The van der Waals surface area contributed by atoms with Gasteiger partial charge in [0.05, 0.1) is 38.1 Å². The molecule has 0 aromatic heterocycles. The van der Waals surface area contributed by atoms with Crippen LogP contribution in [-0.2, 0) is 0 Å². The van der Waals surface area contributed by atoms with E-state index in [1.54, 1.807) is 0 Å². The molecule has 1 aromatic rings. The van der Waals surface area contributed by atoms with Crippen LogP contribution in [0.2, 0.25) is 0 Å². The molecule has 12 heteroatoms. The Morgan fingerprint density at radius 3 is 0.889 bits per heavy atom. The third-order valence-electron chi connectivity index (χ3n) is 5.30. The van der Waals surface area contributed by atoms with Crippen molar-refractivity contribution in [3.05, 3.63) is 79.1 Å². The van der Waals surface area contributed by atoms with Gasteiger partial charge in [-0.05, 0) is 48.7 Å². The quantitative estimate of drug-likeness (QED) is 0.278. The summed E-state index contributed by atoms with van der Waals surface area (Å²) >= 11 is 23.1. The number of rotatable bonds is 6. The fourth-order valence-corrected chi connectivity index (χ4v) is 19.1. The average molecular weight is 695 g/mol. The van der Waals surface area contributed by atoms with Crippen LogP contribution in [0.4, 0.5) is 0 Å². The Morgan fingerprint density at radius 2 is 0.639 bits per heavy atom. The van der Waals surface area contributed by atoms with E-state index in [2.05, 4.69) is 61.8 Å². The lowest BCUT2D eigenvalue weighted by Crippen LogP contribution is -1.88. The van der Waals surface area contributed by atoms with E-state index in [0.29, 0.717) is 0 Å². The first kappa shape index (κ1) is 29.4. The highest BCUT2D eigenvalue weighted by molar-refractivity contribution is 8.42. The maximum Gasteiger partial charge on any atom is 0.0657 e. The first-order valence-electron chi connectivity index (χ1n) is 10.5. The Kier molecular flexibility index (Phi) is 10.8. The molecule has 3 aliphatic heterocycles. The van der Waals surface area contributed by atoms with Gasteiger partial charge in [-0.3, -0.25) is 0 Å². The van der Waals surface area contributed by atoms with Crippen LogP contribution >= 0.6 is 141 Å². The van der Waals surface area contributed by atoms with E-state index in [1.165, 1.54) is 66.0 Å². The minimum atomic E-state index is 1.38. The molecule has 0 saturated heterocycles. The van der Waals surface area contributed by atoms with Crippen molar-refractivity contribution in [2.24, 2.45) is 0 Å². The number of fused-ring (bicyclic) bond motifs is 1. The molecule has 5 rings (SSSR count). The van der Waals surface area contributed by atoms with Crippen LogP contribution in [0.15, 0.2) is 68.0 Å². The molecule has 0 radical (unpaired) electrons. The predicted molar refractivity (Wildman–Crippen MR) is 195 cm³/mol. The predicted octanol–water partition coefficient (Wildman–Crippen LogP) is 12.2. The zero-order valence-corrected chi connectivity index (χ0v) is 30.0. The van der Waals surface area contributed by atoms with Gasteiger partial charge < -0.3 is 0 Å². The molecule has 0 nitrogen and oxygen atoms in total. The lowest BCUT2D eigenvalue weighted by Gasteiger charge is -2.13. The molecule has 0 N–H and O–H groups in total. The number of hydrogen-bond donors (Lipinski definition) is 0. The van der Waals surface area contributed by atoms with Crippen LogP contribution in [0.5, 0.6) is 0 Å². The van der Waals surface area contributed by atoms with Crippen molar-refractivity contribution in [2.45, 2.75) is 0 Å². The van der Waals surface area contributed by atoms with E-state index in [-0.39, 0.29) is 0 Å². The van der Waals surface area contributed by atoms with Gasteiger partial charge in [0.25, 0.3) is 0 Å². The van der Waals surface area contributed by atoms with E-state index >= 15 is 0 Å². The molecule has 1 aromatic carbocycles. The summed E-state index contributed by atoms with van der Waals surface area (Å²) in [6, 6.07) is 9.10. The summed E-state index contributed by atoms with van der Waals surface area (Å²) < 4.78 is 12.9. The molecule has 0 fully saturated rings. The van der Waals surface area contributed by atoms with Crippen LogP contribution in [0.1, 0.15) is 11.1 Å². The fourth-order valence-electron chi connectivity index (χ4n) is 3.82. The highest BCUT2D eigenvalue weighted by Gasteiger charge is 2.40. The molecule has 190 valence electrons. The van der Waals surface area contributed by atoms with Crippen molar-refractivity contribution in [3.8, 4) is 0 Å². The van der Waals surface area contributed by atoms with Crippen LogP contribution in [0.25, 0.3) is 11.1 Å². The van der Waals surface area contributed by atoms with Crippen molar-refractivity contribution >= 4 is 152 Å². The second-order valence-corrected chi connectivity index (χ2v) is 20.4. The first-order valence-corrected chi connectivity index (χ1v) is 22.7. The fraction of sp³-hybridized carbons (Fsp3) is 0.250. The largest absolute Gasteiger partial charge is 0.121 e. The SMILES string of the molecule is CSC1=C(SC)SC(=C2C(=C3SC(SC)=C(SC)S3)c3ccccc3C2=C2SC(SC)=C(SC)S2)S1. The van der Waals surface area contributed by atoms with Crippen molar-refractivity contribution in [2.75, 3.05) is 37.5 Å². The number of thioether (sulfide) groups is 12. The van der Waals surface area contributed by atoms with Crippen molar-refractivity contribution in [1.82, 2.24) is 0 Å². The van der Waals surface area contributed by atoms with Gasteiger partial charge in [0.15, 0.2) is 0 Å². The van der Waals surface area contributed by atoms with Crippen LogP contribution in [-0.4, -0.2) is 37.5 Å². The molecule has 0 bridgehead atoms. The smallest absolute Gasteiger partial charge is 0.0657 e. The Bertz CT molecular complexity index is 1160. The van der Waals surface area contributed by atoms with Crippen molar-refractivity contribution < 1.29 is 0 Å². The van der Waals surface area contributed by atoms with Crippen molar-refractivity contribution in [1.29, 1.82) is 0 Å². The third-order valence-corrected chi connectivity index (χ3v) is 21.0. The summed E-state index contributed by atoms with van der Waals surface area (Å²) in [5.74, 6) is 0. The lowest BCUT2D eigenvalue weighted by molar-refractivity contribution is 1.61. The molecular weight excluding hydrogens is 673 g/mol. The molecular formula is C24H22S12. The number of benzene rings is 1. The third kappa shape index (κ3) is 5.52. The topological polar surface area (TPSA) is 0 Å². The average Bonchev–Trinajstić information content (AvgIpc) is 3.68. The zero-order valence-electron chi connectivity index (χ0n) is 20.2. The molecule has 4 aliphatic rings. The highest BCUT2D eigenvalue weighted by Crippen LogP contribution is 2.69.